The standard InChI is InChI=1S/C24H18Cl2N2O2/c25-21-12-19(13-22(26)23(21)30-16-18-9-5-2-6-10-18)11-20(14-27)24(29)28-15-17-7-3-1-4-8-17/h1-13H,15-16H2,(H,28,29)/b20-11-. The quantitative estimate of drug-likeness (QED) is 0.376. The molecule has 0 fully saturated rings. The summed E-state index contributed by atoms with van der Waals surface area (Å²) in [5.41, 5.74) is 2.41. The number of nitrogens with zero attached hydrogens (tertiary/aromatic N) is 1. The van der Waals surface area contributed by atoms with Crippen molar-refractivity contribution in [1.82, 2.24) is 5.32 Å². The van der Waals surface area contributed by atoms with Crippen molar-refractivity contribution in [2.45, 2.75) is 13.2 Å². The van der Waals surface area contributed by atoms with Crippen molar-refractivity contribution < 1.29 is 9.53 Å². The molecule has 0 atom stereocenters. The van der Waals surface area contributed by atoms with Crippen LogP contribution in [-0.4, -0.2) is 5.91 Å². The first-order chi connectivity index (χ1) is 14.6. The van der Waals surface area contributed by atoms with Gasteiger partial charge in [0.2, 0.25) is 0 Å². The molecule has 150 valence electrons. The van der Waals surface area contributed by atoms with E-state index >= 15 is 0 Å². The summed E-state index contributed by atoms with van der Waals surface area (Å²) < 4.78 is 5.75. The summed E-state index contributed by atoms with van der Waals surface area (Å²) >= 11 is 12.7. The SMILES string of the molecule is N#C/C(=C/c1cc(Cl)c(OCc2ccccc2)c(Cl)c1)C(=O)NCc1ccccc1. The van der Waals surface area contributed by atoms with Gasteiger partial charge in [-0.15, -0.1) is 0 Å². The van der Waals surface area contributed by atoms with Crippen LogP contribution in [0.3, 0.4) is 0 Å². The fraction of sp³-hybridized carbons (Fsp3) is 0.0833. The van der Waals surface area contributed by atoms with E-state index in [0.717, 1.165) is 11.1 Å². The molecule has 30 heavy (non-hydrogen) atoms. The number of carbonyl (C=O) groups excluding carboxylic acids is 1. The Morgan fingerprint density at radius 3 is 2.10 bits per heavy atom. The normalized spacial score (nSPS) is 10.9. The second-order valence-corrected chi connectivity index (χ2v) is 7.24. The Morgan fingerprint density at radius 2 is 1.53 bits per heavy atom. The van der Waals surface area contributed by atoms with Gasteiger partial charge in [-0.05, 0) is 34.9 Å². The molecule has 6 heteroatoms. The van der Waals surface area contributed by atoms with E-state index in [-0.39, 0.29) is 5.57 Å². The molecule has 0 saturated heterocycles. The van der Waals surface area contributed by atoms with Gasteiger partial charge in [0.1, 0.15) is 18.2 Å². The summed E-state index contributed by atoms with van der Waals surface area (Å²) in [5.74, 6) is -0.121. The van der Waals surface area contributed by atoms with E-state index in [1.54, 1.807) is 12.1 Å². The van der Waals surface area contributed by atoms with Gasteiger partial charge < -0.3 is 10.1 Å². The third kappa shape index (κ3) is 5.87. The molecule has 1 N–H and O–H groups in total. The van der Waals surface area contributed by atoms with E-state index in [1.165, 1.54) is 6.08 Å². The lowest BCUT2D eigenvalue weighted by molar-refractivity contribution is -0.117. The number of hydrogen-bond acceptors (Lipinski definition) is 3. The van der Waals surface area contributed by atoms with Crippen LogP contribution in [0, 0.1) is 11.3 Å². The predicted octanol–water partition coefficient (Wildman–Crippen LogP) is 5.80. The molecule has 3 rings (SSSR count). The van der Waals surface area contributed by atoms with Crippen LogP contribution in [-0.2, 0) is 17.9 Å². The molecule has 0 saturated carbocycles. The highest BCUT2D eigenvalue weighted by atomic mass is 35.5. The van der Waals surface area contributed by atoms with Gasteiger partial charge in [0.15, 0.2) is 5.75 Å². The van der Waals surface area contributed by atoms with Crippen molar-refractivity contribution in [3.8, 4) is 11.8 Å². The number of rotatable bonds is 7. The Bertz CT molecular complexity index is 1070. The Balaban J connectivity index is 1.71. The van der Waals surface area contributed by atoms with Crippen LogP contribution >= 0.6 is 23.2 Å². The van der Waals surface area contributed by atoms with E-state index in [9.17, 15) is 10.1 Å². The van der Waals surface area contributed by atoms with Gasteiger partial charge in [-0.25, -0.2) is 0 Å². The maximum atomic E-state index is 12.4. The number of carbonyl (C=O) groups is 1. The van der Waals surface area contributed by atoms with Crippen molar-refractivity contribution in [3.05, 3.63) is 105 Å². The summed E-state index contributed by atoms with van der Waals surface area (Å²) in [6.07, 6.45) is 1.44. The molecule has 0 aliphatic carbocycles. The molecular weight excluding hydrogens is 419 g/mol. The van der Waals surface area contributed by atoms with Crippen LogP contribution in [0.1, 0.15) is 16.7 Å². The zero-order chi connectivity index (χ0) is 21.3. The second kappa shape index (κ2) is 10.5. The van der Waals surface area contributed by atoms with Gasteiger partial charge >= 0.3 is 0 Å². The van der Waals surface area contributed by atoms with Crippen molar-refractivity contribution in [2.24, 2.45) is 0 Å². The van der Waals surface area contributed by atoms with E-state index < -0.39 is 5.91 Å². The summed E-state index contributed by atoms with van der Waals surface area (Å²) in [6.45, 7) is 0.646. The Morgan fingerprint density at radius 1 is 0.967 bits per heavy atom. The van der Waals surface area contributed by atoms with Crippen molar-refractivity contribution in [3.63, 3.8) is 0 Å². The topological polar surface area (TPSA) is 62.1 Å². The van der Waals surface area contributed by atoms with Gasteiger partial charge in [0, 0.05) is 6.54 Å². The van der Waals surface area contributed by atoms with Crippen LogP contribution in [0.15, 0.2) is 78.4 Å². The average Bonchev–Trinajstić information content (AvgIpc) is 2.76. The van der Waals surface area contributed by atoms with Crippen LogP contribution in [0.2, 0.25) is 10.0 Å². The maximum absolute atomic E-state index is 12.4. The summed E-state index contributed by atoms with van der Waals surface area (Å²) in [6, 6.07) is 24.2. The molecule has 0 unspecified atom stereocenters. The zero-order valence-corrected chi connectivity index (χ0v) is 17.5. The van der Waals surface area contributed by atoms with E-state index in [4.69, 9.17) is 27.9 Å². The van der Waals surface area contributed by atoms with Gasteiger partial charge in [-0.1, -0.05) is 83.9 Å². The lowest BCUT2D eigenvalue weighted by Gasteiger charge is -2.11. The molecule has 0 aliphatic heterocycles. The predicted molar refractivity (Wildman–Crippen MR) is 119 cm³/mol. The minimum absolute atomic E-state index is 0.0454. The number of amides is 1. The number of nitrogens with one attached hydrogen (secondary N) is 1. The Kier molecular flexibility index (Phi) is 7.51. The largest absolute Gasteiger partial charge is 0.486 e. The number of hydrogen-bond donors (Lipinski definition) is 1. The summed E-state index contributed by atoms with van der Waals surface area (Å²) in [5, 5.41) is 12.7. The first-order valence-electron chi connectivity index (χ1n) is 9.16. The highest BCUT2D eigenvalue weighted by Gasteiger charge is 2.13. The van der Waals surface area contributed by atoms with Gasteiger partial charge in [-0.2, -0.15) is 5.26 Å². The summed E-state index contributed by atoms with van der Waals surface area (Å²) in [4.78, 5) is 12.4. The van der Waals surface area contributed by atoms with E-state index in [1.807, 2.05) is 66.7 Å². The number of ether oxygens (including phenoxy) is 1. The van der Waals surface area contributed by atoms with Crippen LogP contribution in [0.25, 0.3) is 6.08 Å². The molecule has 0 spiro atoms. The lowest BCUT2D eigenvalue weighted by Crippen LogP contribution is -2.23. The Labute approximate surface area is 185 Å². The third-order valence-corrected chi connectivity index (χ3v) is 4.78. The molecule has 1 amide bonds. The van der Waals surface area contributed by atoms with Crippen LogP contribution in [0.4, 0.5) is 0 Å². The molecule has 0 heterocycles. The molecule has 3 aromatic rings. The summed E-state index contributed by atoms with van der Waals surface area (Å²) in [7, 11) is 0. The van der Waals surface area contributed by atoms with Crippen LogP contribution < -0.4 is 10.1 Å². The number of benzene rings is 3. The molecule has 0 radical (unpaired) electrons. The highest BCUT2D eigenvalue weighted by molar-refractivity contribution is 6.37. The maximum Gasteiger partial charge on any atom is 0.262 e. The van der Waals surface area contributed by atoms with Gasteiger partial charge in [0.05, 0.1) is 10.0 Å². The number of nitriles is 1. The molecule has 0 bridgehead atoms. The van der Waals surface area contributed by atoms with Gasteiger partial charge in [0.25, 0.3) is 5.91 Å². The van der Waals surface area contributed by atoms with Crippen LogP contribution in [0.5, 0.6) is 5.75 Å². The van der Waals surface area contributed by atoms with Crippen molar-refractivity contribution >= 4 is 35.2 Å². The fourth-order valence-corrected chi connectivity index (χ4v) is 3.33. The third-order valence-electron chi connectivity index (χ3n) is 4.22. The molecule has 3 aromatic carbocycles. The second-order valence-electron chi connectivity index (χ2n) is 6.43. The minimum Gasteiger partial charge on any atom is -0.486 e. The fourth-order valence-electron chi connectivity index (χ4n) is 2.72. The van der Waals surface area contributed by atoms with Gasteiger partial charge in [-0.3, -0.25) is 4.79 Å². The van der Waals surface area contributed by atoms with Crippen molar-refractivity contribution in [1.29, 1.82) is 5.26 Å². The molecule has 0 aromatic heterocycles. The molecule has 4 nitrogen and oxygen atoms in total. The lowest BCUT2D eigenvalue weighted by atomic mass is 10.1. The first-order valence-corrected chi connectivity index (χ1v) is 9.92. The van der Waals surface area contributed by atoms with Crippen molar-refractivity contribution in [2.75, 3.05) is 0 Å². The average molecular weight is 437 g/mol. The number of halogens is 2. The zero-order valence-electron chi connectivity index (χ0n) is 15.9. The smallest absolute Gasteiger partial charge is 0.262 e. The minimum atomic E-state index is -0.474. The van der Waals surface area contributed by atoms with E-state index in [0.29, 0.717) is 34.5 Å². The molecule has 0 aliphatic rings. The van der Waals surface area contributed by atoms with E-state index in [2.05, 4.69) is 5.32 Å². The highest BCUT2D eigenvalue weighted by Crippen LogP contribution is 2.35. The first kappa shape index (κ1) is 21.4. The molecular formula is C24H18Cl2N2O2. The Hall–Kier alpha value is -3.26. The monoisotopic (exact) mass is 436 g/mol.